The molecule has 4 nitrogen and oxygen atoms in total. The molecule has 0 atom stereocenters. The molecule has 1 aromatic rings. The summed E-state index contributed by atoms with van der Waals surface area (Å²) in [7, 11) is 0. The van der Waals surface area contributed by atoms with E-state index in [9.17, 15) is 18.0 Å². The number of nitrogens with zero attached hydrogens (tertiary/aromatic N) is 2. The quantitative estimate of drug-likeness (QED) is 0.875. The average Bonchev–Trinajstić information content (AvgIpc) is 2.48. The molecular weight excluding hydrogens is 343 g/mol. The van der Waals surface area contributed by atoms with Crippen molar-refractivity contribution in [3.05, 3.63) is 28.8 Å². The van der Waals surface area contributed by atoms with Gasteiger partial charge in [0.15, 0.2) is 0 Å². The number of benzene rings is 1. The molecular formula is C16H21ClF3N3O. The zero-order valence-electron chi connectivity index (χ0n) is 13.7. The van der Waals surface area contributed by atoms with Gasteiger partial charge in [-0.1, -0.05) is 25.4 Å². The molecule has 2 amide bonds. The Morgan fingerprint density at radius 3 is 2.42 bits per heavy atom. The van der Waals surface area contributed by atoms with E-state index in [1.807, 2.05) is 0 Å². The minimum absolute atomic E-state index is 0.0846. The van der Waals surface area contributed by atoms with Crippen LogP contribution in [0.3, 0.4) is 0 Å². The Labute approximate surface area is 144 Å². The maximum atomic E-state index is 12.9. The lowest BCUT2D eigenvalue weighted by atomic mass is 10.2. The number of amides is 2. The van der Waals surface area contributed by atoms with Crippen molar-refractivity contribution in [3.8, 4) is 0 Å². The number of carbonyl (C=O) groups is 1. The monoisotopic (exact) mass is 363 g/mol. The van der Waals surface area contributed by atoms with Gasteiger partial charge in [0.25, 0.3) is 0 Å². The first-order valence-corrected chi connectivity index (χ1v) is 8.19. The van der Waals surface area contributed by atoms with Crippen LogP contribution in [0.15, 0.2) is 18.2 Å². The Morgan fingerprint density at radius 2 is 1.88 bits per heavy atom. The number of halogens is 4. The van der Waals surface area contributed by atoms with Gasteiger partial charge in [-0.2, -0.15) is 13.2 Å². The van der Waals surface area contributed by atoms with Crippen LogP contribution in [0.2, 0.25) is 5.02 Å². The lowest BCUT2D eigenvalue weighted by Crippen LogP contribution is -2.50. The van der Waals surface area contributed by atoms with Gasteiger partial charge < -0.3 is 10.2 Å². The molecule has 1 saturated heterocycles. The highest BCUT2D eigenvalue weighted by Crippen LogP contribution is 2.36. The van der Waals surface area contributed by atoms with Crippen molar-refractivity contribution in [2.24, 2.45) is 5.92 Å². The molecule has 134 valence electrons. The highest BCUT2D eigenvalue weighted by molar-refractivity contribution is 6.31. The first-order valence-electron chi connectivity index (χ1n) is 7.82. The third-order valence-corrected chi connectivity index (χ3v) is 4.14. The first kappa shape index (κ1) is 18.9. The molecule has 0 saturated carbocycles. The van der Waals surface area contributed by atoms with Gasteiger partial charge in [0.2, 0.25) is 0 Å². The molecule has 0 aliphatic carbocycles. The molecule has 1 fully saturated rings. The summed E-state index contributed by atoms with van der Waals surface area (Å²) in [4.78, 5) is 16.1. The molecule has 0 aromatic heterocycles. The van der Waals surface area contributed by atoms with Crippen LogP contribution in [0.4, 0.5) is 23.7 Å². The van der Waals surface area contributed by atoms with Crippen LogP contribution in [0.25, 0.3) is 0 Å². The van der Waals surface area contributed by atoms with E-state index in [1.54, 1.807) is 4.90 Å². The summed E-state index contributed by atoms with van der Waals surface area (Å²) in [6.07, 6.45) is -4.56. The van der Waals surface area contributed by atoms with E-state index in [1.165, 1.54) is 6.07 Å². The smallest absolute Gasteiger partial charge is 0.322 e. The zero-order chi connectivity index (χ0) is 17.9. The molecule has 8 heteroatoms. The van der Waals surface area contributed by atoms with Crippen molar-refractivity contribution >= 4 is 23.3 Å². The van der Waals surface area contributed by atoms with Crippen molar-refractivity contribution in [2.45, 2.75) is 20.0 Å². The van der Waals surface area contributed by atoms with Crippen LogP contribution in [-0.4, -0.2) is 48.6 Å². The number of alkyl halides is 3. The summed E-state index contributed by atoms with van der Waals surface area (Å²) in [5.41, 5.74) is -0.870. The molecule has 1 heterocycles. The maximum Gasteiger partial charge on any atom is 0.417 e. The Bertz CT molecular complexity index is 584. The van der Waals surface area contributed by atoms with Crippen LogP contribution in [0.5, 0.6) is 0 Å². The third kappa shape index (κ3) is 5.01. The van der Waals surface area contributed by atoms with Gasteiger partial charge in [-0.15, -0.1) is 0 Å². The standard InChI is InChI=1S/C16H21ClF3N3O/c1-11(2)10-22-5-7-23(8-6-22)15(24)21-12-3-4-14(17)13(9-12)16(18,19)20/h3-4,9,11H,5-8,10H2,1-2H3,(H,21,24). The number of anilines is 1. The normalized spacial score (nSPS) is 16.5. The summed E-state index contributed by atoms with van der Waals surface area (Å²) >= 11 is 5.57. The Morgan fingerprint density at radius 1 is 1.25 bits per heavy atom. The number of carbonyl (C=O) groups excluding carboxylic acids is 1. The molecule has 1 N–H and O–H groups in total. The second-order valence-corrected chi connectivity index (χ2v) is 6.71. The largest absolute Gasteiger partial charge is 0.417 e. The zero-order valence-corrected chi connectivity index (χ0v) is 14.4. The van der Waals surface area contributed by atoms with Crippen LogP contribution < -0.4 is 5.32 Å². The molecule has 0 bridgehead atoms. The lowest BCUT2D eigenvalue weighted by Gasteiger charge is -2.35. The van der Waals surface area contributed by atoms with Crippen molar-refractivity contribution in [1.82, 2.24) is 9.80 Å². The number of nitrogens with one attached hydrogen (secondary N) is 1. The molecule has 1 aliphatic rings. The van der Waals surface area contributed by atoms with Crippen LogP contribution in [-0.2, 0) is 6.18 Å². The lowest BCUT2D eigenvalue weighted by molar-refractivity contribution is -0.137. The molecule has 1 aromatic carbocycles. The van der Waals surface area contributed by atoms with Crippen LogP contribution in [0.1, 0.15) is 19.4 Å². The van der Waals surface area contributed by atoms with E-state index in [0.717, 1.165) is 31.8 Å². The van der Waals surface area contributed by atoms with E-state index in [4.69, 9.17) is 11.6 Å². The van der Waals surface area contributed by atoms with Crippen molar-refractivity contribution in [2.75, 3.05) is 38.0 Å². The summed E-state index contributed by atoms with van der Waals surface area (Å²) in [6.45, 7) is 7.88. The van der Waals surface area contributed by atoms with E-state index >= 15 is 0 Å². The second kappa shape index (κ2) is 7.61. The SMILES string of the molecule is CC(C)CN1CCN(C(=O)Nc2ccc(Cl)c(C(F)(F)F)c2)CC1. The van der Waals surface area contributed by atoms with Gasteiger partial charge in [0, 0.05) is 38.4 Å². The molecule has 0 unspecified atom stereocenters. The van der Waals surface area contributed by atoms with Crippen molar-refractivity contribution in [1.29, 1.82) is 0 Å². The third-order valence-electron chi connectivity index (χ3n) is 3.81. The number of urea groups is 1. The summed E-state index contributed by atoms with van der Waals surface area (Å²) in [5, 5.41) is 2.13. The molecule has 2 rings (SSSR count). The highest BCUT2D eigenvalue weighted by Gasteiger charge is 2.33. The number of hydrogen-bond donors (Lipinski definition) is 1. The van der Waals surface area contributed by atoms with Crippen LogP contribution >= 0.6 is 11.6 Å². The highest BCUT2D eigenvalue weighted by atomic mass is 35.5. The fourth-order valence-corrected chi connectivity index (χ4v) is 2.90. The first-order chi connectivity index (χ1) is 11.2. The van der Waals surface area contributed by atoms with Gasteiger partial charge in [-0.05, 0) is 24.1 Å². The van der Waals surface area contributed by atoms with E-state index in [0.29, 0.717) is 19.0 Å². The number of rotatable bonds is 3. The van der Waals surface area contributed by atoms with E-state index < -0.39 is 17.8 Å². The molecule has 1 aliphatic heterocycles. The van der Waals surface area contributed by atoms with Crippen molar-refractivity contribution < 1.29 is 18.0 Å². The maximum absolute atomic E-state index is 12.9. The van der Waals surface area contributed by atoms with Gasteiger partial charge in [0.05, 0.1) is 10.6 Å². The summed E-state index contributed by atoms with van der Waals surface area (Å²) < 4.78 is 38.6. The summed E-state index contributed by atoms with van der Waals surface area (Å²) in [6, 6.07) is 2.97. The van der Waals surface area contributed by atoms with E-state index in [2.05, 4.69) is 24.1 Å². The minimum Gasteiger partial charge on any atom is -0.322 e. The number of hydrogen-bond acceptors (Lipinski definition) is 2. The van der Waals surface area contributed by atoms with Gasteiger partial charge in [-0.25, -0.2) is 4.79 Å². The fraction of sp³-hybridized carbons (Fsp3) is 0.562. The van der Waals surface area contributed by atoms with Crippen molar-refractivity contribution in [3.63, 3.8) is 0 Å². The molecule has 24 heavy (non-hydrogen) atoms. The summed E-state index contributed by atoms with van der Waals surface area (Å²) in [5.74, 6) is 0.556. The van der Waals surface area contributed by atoms with Gasteiger partial charge >= 0.3 is 12.2 Å². The van der Waals surface area contributed by atoms with Gasteiger partial charge in [0.1, 0.15) is 0 Å². The van der Waals surface area contributed by atoms with Gasteiger partial charge in [-0.3, -0.25) is 4.90 Å². The molecule has 0 spiro atoms. The average molecular weight is 364 g/mol. The second-order valence-electron chi connectivity index (χ2n) is 6.30. The predicted octanol–water partition coefficient (Wildman–Crippen LogP) is 4.16. The van der Waals surface area contributed by atoms with Crippen LogP contribution in [0, 0.1) is 5.92 Å². The Kier molecular flexibility index (Phi) is 5.98. The molecule has 0 radical (unpaired) electrons. The minimum atomic E-state index is -4.56. The topological polar surface area (TPSA) is 35.6 Å². The Balaban J connectivity index is 1.96. The predicted molar refractivity (Wildman–Crippen MR) is 88.3 cm³/mol. The fourth-order valence-electron chi connectivity index (χ4n) is 2.67. The Hall–Kier alpha value is -1.47. The van der Waals surface area contributed by atoms with E-state index in [-0.39, 0.29) is 10.7 Å². The number of piperazine rings is 1.